The van der Waals surface area contributed by atoms with Gasteiger partial charge in [0.1, 0.15) is 5.69 Å². The Bertz CT molecular complexity index is 508. The van der Waals surface area contributed by atoms with E-state index in [0.29, 0.717) is 6.54 Å². The van der Waals surface area contributed by atoms with E-state index < -0.39 is 5.97 Å². The molecule has 16 heavy (non-hydrogen) atoms. The number of aromatic carboxylic acids is 1. The number of hydrogen-bond donors (Lipinski definition) is 1. The van der Waals surface area contributed by atoms with Crippen molar-refractivity contribution in [3.8, 4) is 0 Å². The van der Waals surface area contributed by atoms with E-state index in [1.807, 2.05) is 18.2 Å². The van der Waals surface area contributed by atoms with Crippen LogP contribution in [0, 0.1) is 0 Å². The van der Waals surface area contributed by atoms with E-state index in [9.17, 15) is 4.79 Å². The van der Waals surface area contributed by atoms with Crippen LogP contribution in [0.4, 0.5) is 0 Å². The van der Waals surface area contributed by atoms with Gasteiger partial charge in [-0.05, 0) is 34.1 Å². The van der Waals surface area contributed by atoms with Crippen molar-refractivity contribution in [1.82, 2.24) is 9.55 Å². The molecule has 82 valence electrons. The third-order valence-electron chi connectivity index (χ3n) is 2.14. The number of nitrogens with zero attached hydrogens (tertiary/aromatic N) is 2. The number of carboxylic acids is 1. The molecule has 0 bridgehead atoms. The van der Waals surface area contributed by atoms with Crippen molar-refractivity contribution in [2.45, 2.75) is 6.54 Å². The van der Waals surface area contributed by atoms with Gasteiger partial charge in [0.05, 0.1) is 12.2 Å². The lowest BCUT2D eigenvalue weighted by atomic mass is 10.3. The van der Waals surface area contributed by atoms with Gasteiger partial charge in [0.25, 0.3) is 0 Å². The van der Waals surface area contributed by atoms with E-state index in [1.54, 1.807) is 23.0 Å². The lowest BCUT2D eigenvalue weighted by molar-refractivity contribution is 0.0685. The molecule has 0 spiro atoms. The summed E-state index contributed by atoms with van der Waals surface area (Å²) in [7, 11) is 0. The maximum absolute atomic E-state index is 11.0. The number of pyridine rings is 1. The van der Waals surface area contributed by atoms with Gasteiger partial charge in [-0.3, -0.25) is 4.98 Å². The number of carbonyl (C=O) groups is 1. The Morgan fingerprint density at radius 1 is 1.50 bits per heavy atom. The van der Waals surface area contributed by atoms with Crippen LogP contribution < -0.4 is 0 Å². The normalized spacial score (nSPS) is 10.3. The Morgan fingerprint density at radius 3 is 2.94 bits per heavy atom. The molecule has 0 fully saturated rings. The molecule has 0 aromatic carbocycles. The smallest absolute Gasteiger partial charge is 0.352 e. The summed E-state index contributed by atoms with van der Waals surface area (Å²) in [6.07, 6.45) is 3.42. The molecule has 5 heteroatoms. The SMILES string of the molecule is O=C(O)c1cc(Br)cn1Cc1ccccn1. The molecule has 2 rings (SSSR count). The van der Waals surface area contributed by atoms with Crippen LogP contribution in [-0.4, -0.2) is 20.6 Å². The van der Waals surface area contributed by atoms with Crippen LogP contribution in [0.2, 0.25) is 0 Å². The van der Waals surface area contributed by atoms with Gasteiger partial charge in [-0.15, -0.1) is 0 Å². The first-order valence-corrected chi connectivity index (χ1v) is 5.45. The fourth-order valence-corrected chi connectivity index (χ4v) is 1.91. The Hall–Kier alpha value is -1.62. The van der Waals surface area contributed by atoms with Gasteiger partial charge in [-0.2, -0.15) is 0 Å². The predicted molar refractivity (Wildman–Crippen MR) is 62.4 cm³/mol. The first-order valence-electron chi connectivity index (χ1n) is 4.65. The van der Waals surface area contributed by atoms with Crippen molar-refractivity contribution in [3.05, 3.63) is 52.5 Å². The highest BCUT2D eigenvalue weighted by atomic mass is 79.9. The van der Waals surface area contributed by atoms with Crippen LogP contribution in [0.5, 0.6) is 0 Å². The summed E-state index contributed by atoms with van der Waals surface area (Å²) in [4.78, 5) is 15.1. The van der Waals surface area contributed by atoms with Crippen LogP contribution in [0.3, 0.4) is 0 Å². The fraction of sp³-hybridized carbons (Fsp3) is 0.0909. The molecule has 0 unspecified atom stereocenters. The molecule has 0 atom stereocenters. The van der Waals surface area contributed by atoms with Crippen LogP contribution >= 0.6 is 15.9 Å². The number of hydrogen-bond acceptors (Lipinski definition) is 2. The van der Waals surface area contributed by atoms with Gasteiger partial charge in [0.2, 0.25) is 0 Å². The van der Waals surface area contributed by atoms with E-state index in [-0.39, 0.29) is 5.69 Å². The summed E-state index contributed by atoms with van der Waals surface area (Å²) in [5.41, 5.74) is 1.07. The number of halogens is 1. The van der Waals surface area contributed by atoms with E-state index in [0.717, 1.165) is 10.2 Å². The van der Waals surface area contributed by atoms with Gasteiger partial charge >= 0.3 is 5.97 Å². The Morgan fingerprint density at radius 2 is 2.31 bits per heavy atom. The zero-order valence-electron chi connectivity index (χ0n) is 8.30. The average Bonchev–Trinajstić information content (AvgIpc) is 2.61. The Labute approximate surface area is 101 Å². The highest BCUT2D eigenvalue weighted by molar-refractivity contribution is 9.10. The molecule has 2 heterocycles. The molecule has 0 saturated heterocycles. The van der Waals surface area contributed by atoms with Gasteiger partial charge in [0, 0.05) is 16.9 Å². The summed E-state index contributed by atoms with van der Waals surface area (Å²) in [6, 6.07) is 7.14. The van der Waals surface area contributed by atoms with Crippen molar-refractivity contribution >= 4 is 21.9 Å². The summed E-state index contributed by atoms with van der Waals surface area (Å²) in [5.74, 6) is -0.943. The minimum absolute atomic E-state index is 0.248. The minimum atomic E-state index is -0.943. The van der Waals surface area contributed by atoms with Gasteiger partial charge < -0.3 is 9.67 Å². The molecule has 2 aromatic heterocycles. The van der Waals surface area contributed by atoms with E-state index in [1.165, 1.54) is 0 Å². The molecule has 1 N–H and O–H groups in total. The third-order valence-corrected chi connectivity index (χ3v) is 2.57. The molecule has 4 nitrogen and oxygen atoms in total. The summed E-state index contributed by atoms with van der Waals surface area (Å²) in [5, 5.41) is 8.99. The number of rotatable bonds is 3. The average molecular weight is 281 g/mol. The second kappa shape index (κ2) is 4.49. The first-order chi connectivity index (χ1) is 7.66. The predicted octanol–water partition coefficient (Wildman–Crippen LogP) is 2.39. The maximum Gasteiger partial charge on any atom is 0.352 e. The molecular formula is C11H9BrN2O2. The van der Waals surface area contributed by atoms with Crippen molar-refractivity contribution in [2.75, 3.05) is 0 Å². The second-order valence-electron chi connectivity index (χ2n) is 3.30. The third kappa shape index (κ3) is 2.30. The number of aromatic nitrogens is 2. The molecule has 0 aliphatic carbocycles. The van der Waals surface area contributed by atoms with Crippen LogP contribution in [0.15, 0.2) is 41.1 Å². The monoisotopic (exact) mass is 280 g/mol. The maximum atomic E-state index is 11.0. The standard InChI is InChI=1S/C11H9BrN2O2/c12-8-5-10(11(15)16)14(6-8)7-9-3-1-2-4-13-9/h1-6H,7H2,(H,15,16). The molecule has 0 aliphatic rings. The highest BCUT2D eigenvalue weighted by Gasteiger charge is 2.11. The van der Waals surface area contributed by atoms with Gasteiger partial charge in [-0.1, -0.05) is 6.07 Å². The zero-order chi connectivity index (χ0) is 11.5. The van der Waals surface area contributed by atoms with E-state index in [2.05, 4.69) is 20.9 Å². The van der Waals surface area contributed by atoms with Crippen LogP contribution in [0.1, 0.15) is 16.2 Å². The van der Waals surface area contributed by atoms with Crippen molar-refractivity contribution in [2.24, 2.45) is 0 Å². The zero-order valence-corrected chi connectivity index (χ0v) is 9.89. The molecule has 0 saturated carbocycles. The van der Waals surface area contributed by atoms with Crippen LogP contribution in [0.25, 0.3) is 0 Å². The lowest BCUT2D eigenvalue weighted by Crippen LogP contribution is -2.09. The minimum Gasteiger partial charge on any atom is -0.477 e. The second-order valence-corrected chi connectivity index (χ2v) is 4.21. The van der Waals surface area contributed by atoms with Crippen molar-refractivity contribution in [3.63, 3.8) is 0 Å². The highest BCUT2D eigenvalue weighted by Crippen LogP contribution is 2.16. The van der Waals surface area contributed by atoms with E-state index in [4.69, 9.17) is 5.11 Å². The Balaban J connectivity index is 2.31. The molecule has 2 aromatic rings. The summed E-state index contributed by atoms with van der Waals surface area (Å²) >= 11 is 3.26. The molecule has 0 radical (unpaired) electrons. The summed E-state index contributed by atoms with van der Waals surface area (Å²) < 4.78 is 2.40. The number of carboxylic acid groups (broad SMARTS) is 1. The first kappa shape index (κ1) is 10.9. The van der Waals surface area contributed by atoms with Crippen molar-refractivity contribution in [1.29, 1.82) is 0 Å². The van der Waals surface area contributed by atoms with Crippen LogP contribution in [-0.2, 0) is 6.54 Å². The quantitative estimate of drug-likeness (QED) is 0.939. The van der Waals surface area contributed by atoms with E-state index >= 15 is 0 Å². The topological polar surface area (TPSA) is 55.1 Å². The Kier molecular flexibility index (Phi) is 3.05. The van der Waals surface area contributed by atoms with Crippen molar-refractivity contribution < 1.29 is 9.90 Å². The van der Waals surface area contributed by atoms with Gasteiger partial charge in [0.15, 0.2) is 0 Å². The summed E-state index contributed by atoms with van der Waals surface area (Å²) in [6.45, 7) is 0.452. The van der Waals surface area contributed by atoms with Gasteiger partial charge in [-0.25, -0.2) is 4.79 Å². The largest absolute Gasteiger partial charge is 0.477 e. The molecule has 0 aliphatic heterocycles. The fourth-order valence-electron chi connectivity index (χ4n) is 1.45. The molecule has 0 amide bonds. The molecular weight excluding hydrogens is 272 g/mol. The lowest BCUT2D eigenvalue weighted by Gasteiger charge is -2.04.